The van der Waals surface area contributed by atoms with Crippen LogP contribution < -0.4 is 27.4 Å². The van der Waals surface area contributed by atoms with E-state index in [1.54, 1.807) is 30.3 Å². The van der Waals surface area contributed by atoms with E-state index in [9.17, 15) is 29.1 Å². The Morgan fingerprint density at radius 1 is 0.938 bits per heavy atom. The largest absolute Gasteiger partial charge is 0.480 e. The molecule has 12 nitrogen and oxygen atoms in total. The topological polar surface area (TPSA) is 214 Å². The van der Waals surface area contributed by atoms with E-state index in [2.05, 4.69) is 16.0 Å². The van der Waals surface area contributed by atoms with Crippen LogP contribution in [0.1, 0.15) is 25.3 Å². The molecule has 0 saturated carbocycles. The molecule has 9 N–H and O–H groups in total. The van der Waals surface area contributed by atoms with Gasteiger partial charge in [0.2, 0.25) is 23.6 Å². The normalized spacial score (nSPS) is 14.3. The number of nitrogens with one attached hydrogen (secondary N) is 3. The zero-order valence-corrected chi connectivity index (χ0v) is 17.6. The van der Waals surface area contributed by atoms with Gasteiger partial charge in [0.05, 0.1) is 12.6 Å². The number of aliphatic hydroxyl groups is 1. The summed E-state index contributed by atoms with van der Waals surface area (Å²) in [6.07, 6.45) is -0.0828. The summed E-state index contributed by atoms with van der Waals surface area (Å²) in [5, 5.41) is 25.3. The van der Waals surface area contributed by atoms with Gasteiger partial charge in [-0.1, -0.05) is 30.3 Å². The molecule has 0 spiro atoms. The van der Waals surface area contributed by atoms with Crippen LogP contribution in [0.4, 0.5) is 0 Å². The highest BCUT2D eigenvalue weighted by atomic mass is 16.4. The number of carboxylic acids is 1. The summed E-state index contributed by atoms with van der Waals surface area (Å²) in [6, 6.07) is 3.76. The number of aliphatic hydroxyl groups excluding tert-OH is 1. The van der Waals surface area contributed by atoms with Gasteiger partial charge in [-0.3, -0.25) is 24.0 Å². The first-order valence-electron chi connectivity index (χ1n) is 9.87. The number of carbonyl (C=O) groups excluding carboxylic acids is 4. The van der Waals surface area contributed by atoms with Gasteiger partial charge in [0.1, 0.15) is 18.1 Å². The Hall–Kier alpha value is -3.51. The maximum atomic E-state index is 12.8. The van der Waals surface area contributed by atoms with Crippen LogP contribution in [-0.4, -0.2) is 70.6 Å². The second-order valence-corrected chi connectivity index (χ2v) is 7.17. The Balaban J connectivity index is 2.93. The van der Waals surface area contributed by atoms with Crippen molar-refractivity contribution in [1.82, 2.24) is 16.0 Å². The maximum absolute atomic E-state index is 12.8. The van der Waals surface area contributed by atoms with Crippen molar-refractivity contribution in [2.24, 2.45) is 11.5 Å². The molecule has 0 saturated heterocycles. The van der Waals surface area contributed by atoms with Gasteiger partial charge in [-0.2, -0.15) is 0 Å². The summed E-state index contributed by atoms with van der Waals surface area (Å²) in [5.41, 5.74) is 11.5. The molecule has 4 amide bonds. The zero-order chi connectivity index (χ0) is 24.3. The van der Waals surface area contributed by atoms with Crippen LogP contribution >= 0.6 is 0 Å². The Labute approximate surface area is 184 Å². The maximum Gasteiger partial charge on any atom is 0.325 e. The van der Waals surface area contributed by atoms with Crippen molar-refractivity contribution in [3.8, 4) is 0 Å². The molecule has 1 aromatic rings. The Morgan fingerprint density at radius 2 is 1.50 bits per heavy atom. The molecule has 0 radical (unpaired) electrons. The van der Waals surface area contributed by atoms with Crippen LogP contribution in [0.2, 0.25) is 0 Å². The molecule has 1 aromatic carbocycles. The second-order valence-electron chi connectivity index (χ2n) is 7.17. The van der Waals surface area contributed by atoms with Crippen molar-refractivity contribution in [2.45, 2.75) is 50.4 Å². The molecule has 0 aromatic heterocycles. The standard InChI is InChI=1S/C20H29N5O7/c1-11(20(31)32)23-19(30)15(10-26)25-18(29)14(9-12-5-3-2-4-6-12)24-17(28)13(21)7-8-16(22)27/h2-6,11,13-15,26H,7-10,21H2,1H3,(H2,22,27)(H,23,30)(H,24,28)(H,25,29)(H,31,32). The first-order chi connectivity index (χ1) is 15.0. The lowest BCUT2D eigenvalue weighted by molar-refractivity contribution is -0.142. The van der Waals surface area contributed by atoms with Crippen LogP contribution in [0.15, 0.2) is 30.3 Å². The number of hydrogen-bond acceptors (Lipinski definition) is 7. The second kappa shape index (κ2) is 13.0. The van der Waals surface area contributed by atoms with E-state index in [4.69, 9.17) is 16.6 Å². The number of hydrogen-bond donors (Lipinski definition) is 7. The minimum absolute atomic E-state index is 0.0183. The molecule has 0 aliphatic rings. The third-order valence-corrected chi connectivity index (χ3v) is 4.50. The summed E-state index contributed by atoms with van der Waals surface area (Å²) in [7, 11) is 0. The number of nitrogens with two attached hydrogens (primary N) is 2. The molecule has 0 heterocycles. The van der Waals surface area contributed by atoms with Gasteiger partial charge in [0, 0.05) is 12.8 Å². The van der Waals surface area contributed by atoms with Gasteiger partial charge >= 0.3 is 5.97 Å². The predicted octanol–water partition coefficient (Wildman–Crippen LogP) is -2.63. The smallest absolute Gasteiger partial charge is 0.325 e. The van der Waals surface area contributed by atoms with Gasteiger partial charge in [-0.05, 0) is 18.9 Å². The van der Waals surface area contributed by atoms with Crippen LogP contribution in [0.5, 0.6) is 0 Å². The fourth-order valence-corrected chi connectivity index (χ4v) is 2.61. The Bertz CT molecular complexity index is 818. The average Bonchev–Trinajstić information content (AvgIpc) is 2.75. The van der Waals surface area contributed by atoms with Crippen molar-refractivity contribution in [3.05, 3.63) is 35.9 Å². The molecule has 32 heavy (non-hydrogen) atoms. The van der Waals surface area contributed by atoms with Crippen molar-refractivity contribution in [3.63, 3.8) is 0 Å². The lowest BCUT2D eigenvalue weighted by Crippen LogP contribution is -2.58. The van der Waals surface area contributed by atoms with Gasteiger partial charge in [0.15, 0.2) is 0 Å². The van der Waals surface area contributed by atoms with E-state index in [1.807, 2.05) is 0 Å². The number of carboxylic acid groups (broad SMARTS) is 1. The predicted molar refractivity (Wildman–Crippen MR) is 113 cm³/mol. The highest BCUT2D eigenvalue weighted by molar-refractivity contribution is 5.94. The lowest BCUT2D eigenvalue weighted by Gasteiger charge is -2.24. The highest BCUT2D eigenvalue weighted by Gasteiger charge is 2.29. The summed E-state index contributed by atoms with van der Waals surface area (Å²) < 4.78 is 0. The molecule has 4 atom stereocenters. The molecule has 0 fully saturated rings. The molecule has 0 aliphatic heterocycles. The molecule has 1 rings (SSSR count). The number of aliphatic carboxylic acids is 1. The van der Waals surface area contributed by atoms with Crippen LogP contribution in [0.3, 0.4) is 0 Å². The quantitative estimate of drug-likeness (QED) is 0.168. The summed E-state index contributed by atoms with van der Waals surface area (Å²) >= 11 is 0. The third kappa shape index (κ3) is 9.10. The fourth-order valence-electron chi connectivity index (χ4n) is 2.61. The van der Waals surface area contributed by atoms with Gasteiger partial charge < -0.3 is 37.6 Å². The van der Waals surface area contributed by atoms with Crippen LogP contribution in [0.25, 0.3) is 0 Å². The minimum atomic E-state index is -1.44. The first kappa shape index (κ1) is 26.5. The van der Waals surface area contributed by atoms with Crippen molar-refractivity contribution in [2.75, 3.05) is 6.61 Å². The molecule has 176 valence electrons. The van der Waals surface area contributed by atoms with Gasteiger partial charge in [0.25, 0.3) is 0 Å². The van der Waals surface area contributed by atoms with Crippen molar-refractivity contribution < 1.29 is 34.2 Å². The molecule has 0 aliphatic carbocycles. The Morgan fingerprint density at radius 3 is 2.03 bits per heavy atom. The summed E-state index contributed by atoms with van der Waals surface area (Å²) in [4.78, 5) is 59.2. The number of amides is 4. The van der Waals surface area contributed by atoms with Gasteiger partial charge in [-0.15, -0.1) is 0 Å². The van der Waals surface area contributed by atoms with Crippen LogP contribution in [-0.2, 0) is 30.4 Å². The number of primary amides is 1. The average molecular weight is 451 g/mol. The minimum Gasteiger partial charge on any atom is -0.480 e. The zero-order valence-electron chi connectivity index (χ0n) is 17.6. The molecular formula is C20H29N5O7. The highest BCUT2D eigenvalue weighted by Crippen LogP contribution is 2.05. The first-order valence-corrected chi connectivity index (χ1v) is 9.87. The number of benzene rings is 1. The third-order valence-electron chi connectivity index (χ3n) is 4.50. The van der Waals surface area contributed by atoms with E-state index < -0.39 is 60.4 Å². The SMILES string of the molecule is CC(NC(=O)C(CO)NC(=O)C(Cc1ccccc1)NC(=O)C(N)CCC(N)=O)C(=O)O. The van der Waals surface area contributed by atoms with Crippen LogP contribution in [0, 0.1) is 0 Å². The fraction of sp³-hybridized carbons (Fsp3) is 0.450. The van der Waals surface area contributed by atoms with E-state index in [0.29, 0.717) is 5.56 Å². The summed E-state index contributed by atoms with van der Waals surface area (Å²) in [5.74, 6) is -4.31. The number of rotatable bonds is 13. The van der Waals surface area contributed by atoms with E-state index >= 15 is 0 Å². The van der Waals surface area contributed by atoms with Crippen molar-refractivity contribution >= 4 is 29.6 Å². The molecule has 4 unspecified atom stereocenters. The van der Waals surface area contributed by atoms with E-state index in [1.165, 1.54) is 6.92 Å². The van der Waals surface area contributed by atoms with Crippen molar-refractivity contribution in [1.29, 1.82) is 0 Å². The molecule has 0 bridgehead atoms. The van der Waals surface area contributed by atoms with E-state index in [0.717, 1.165) is 0 Å². The van der Waals surface area contributed by atoms with E-state index in [-0.39, 0.29) is 19.3 Å². The Kier molecular flexibility index (Phi) is 10.8. The molecule has 12 heteroatoms. The number of carbonyl (C=O) groups is 5. The monoisotopic (exact) mass is 451 g/mol. The molecular weight excluding hydrogens is 422 g/mol. The van der Waals surface area contributed by atoms with Gasteiger partial charge in [-0.25, -0.2) is 0 Å². The summed E-state index contributed by atoms with van der Waals surface area (Å²) in [6.45, 7) is 0.427. The lowest BCUT2D eigenvalue weighted by atomic mass is 10.0.